The first-order valence-corrected chi connectivity index (χ1v) is 4.82. The minimum absolute atomic E-state index is 0.0491. The van der Waals surface area contributed by atoms with Crippen molar-refractivity contribution in [1.82, 2.24) is 0 Å². The summed E-state index contributed by atoms with van der Waals surface area (Å²) in [6.07, 6.45) is 1.00. The number of Topliss-reactive ketones (excluding diaryl/α,β-unsaturated/α-hetero) is 1. The van der Waals surface area contributed by atoms with Gasteiger partial charge in [0.1, 0.15) is 17.0 Å². The van der Waals surface area contributed by atoms with E-state index < -0.39 is 11.2 Å². The summed E-state index contributed by atoms with van der Waals surface area (Å²) in [5.74, 6) is 0.325. The normalized spacial score (nSPS) is 63.6. The number of ketones is 1. The summed E-state index contributed by atoms with van der Waals surface area (Å²) < 4.78 is 5.62. The molecular weight excluding hydrogens is 168 g/mol. The second kappa shape index (κ2) is 1.71. The number of ether oxygens (including phenoxy) is 1. The van der Waals surface area contributed by atoms with Crippen molar-refractivity contribution >= 4 is 5.78 Å². The molecule has 1 N–H and O–H groups in total. The van der Waals surface area contributed by atoms with Gasteiger partial charge in [-0.05, 0) is 13.3 Å². The summed E-state index contributed by atoms with van der Waals surface area (Å²) in [7, 11) is 0. The second-order valence-electron chi connectivity index (χ2n) is 5.20. The van der Waals surface area contributed by atoms with Crippen LogP contribution in [0.4, 0.5) is 0 Å². The summed E-state index contributed by atoms with van der Waals surface area (Å²) >= 11 is 0. The zero-order chi connectivity index (χ0) is 9.48. The molecule has 4 aliphatic rings. The fraction of sp³-hybridized carbons (Fsp3) is 0.900. The molecule has 4 atom stereocenters. The maximum absolute atomic E-state index is 11.7. The van der Waals surface area contributed by atoms with E-state index >= 15 is 0 Å². The lowest BCUT2D eigenvalue weighted by Crippen LogP contribution is -2.74. The molecule has 4 rings (SSSR count). The van der Waals surface area contributed by atoms with Crippen molar-refractivity contribution in [2.24, 2.45) is 11.3 Å². The van der Waals surface area contributed by atoms with E-state index in [9.17, 15) is 9.90 Å². The third kappa shape index (κ3) is 0.536. The van der Waals surface area contributed by atoms with E-state index in [0.717, 1.165) is 0 Å². The summed E-state index contributed by atoms with van der Waals surface area (Å²) in [6, 6.07) is 0. The van der Waals surface area contributed by atoms with E-state index in [0.29, 0.717) is 19.4 Å². The topological polar surface area (TPSA) is 46.5 Å². The van der Waals surface area contributed by atoms with Crippen molar-refractivity contribution in [3.8, 4) is 0 Å². The molecule has 0 spiro atoms. The molecule has 3 aliphatic carbocycles. The van der Waals surface area contributed by atoms with Crippen LogP contribution in [0.1, 0.15) is 26.7 Å². The van der Waals surface area contributed by atoms with Gasteiger partial charge in [-0.15, -0.1) is 0 Å². The number of fused-ring (bicyclic) bond motifs is 1. The van der Waals surface area contributed by atoms with Gasteiger partial charge in [0, 0.05) is 17.8 Å². The van der Waals surface area contributed by atoms with Crippen LogP contribution in [-0.4, -0.2) is 28.7 Å². The van der Waals surface area contributed by atoms with Crippen molar-refractivity contribution in [3.05, 3.63) is 0 Å². The Kier molecular flexibility index (Phi) is 1.04. The van der Waals surface area contributed by atoms with Crippen molar-refractivity contribution in [2.45, 2.75) is 37.9 Å². The van der Waals surface area contributed by atoms with Crippen LogP contribution in [0.5, 0.6) is 0 Å². The van der Waals surface area contributed by atoms with Gasteiger partial charge in [-0.3, -0.25) is 4.79 Å². The quantitative estimate of drug-likeness (QED) is 0.593. The molecular formula is C10H14O3. The molecule has 3 heteroatoms. The van der Waals surface area contributed by atoms with Gasteiger partial charge >= 0.3 is 0 Å². The maximum atomic E-state index is 11.7. The van der Waals surface area contributed by atoms with Crippen molar-refractivity contribution in [1.29, 1.82) is 0 Å². The lowest BCUT2D eigenvalue weighted by Gasteiger charge is -2.62. The van der Waals surface area contributed by atoms with E-state index in [1.807, 2.05) is 13.8 Å². The smallest absolute Gasteiger partial charge is 0.139 e. The Hall–Kier alpha value is -0.410. The molecule has 0 unspecified atom stereocenters. The number of carbonyl (C=O) groups is 1. The summed E-state index contributed by atoms with van der Waals surface area (Å²) in [4.78, 5) is 11.7. The number of rotatable bonds is 0. The van der Waals surface area contributed by atoms with Crippen LogP contribution < -0.4 is 0 Å². The lowest BCUT2D eigenvalue weighted by atomic mass is 9.42. The average Bonchev–Trinajstić information content (AvgIpc) is 2.18. The molecule has 1 aliphatic heterocycles. The Morgan fingerprint density at radius 2 is 2.23 bits per heavy atom. The summed E-state index contributed by atoms with van der Waals surface area (Å²) in [5, 5.41) is 10.4. The van der Waals surface area contributed by atoms with Gasteiger partial charge in [-0.25, -0.2) is 0 Å². The molecule has 4 fully saturated rings. The Bertz CT molecular complexity index is 301. The van der Waals surface area contributed by atoms with Gasteiger partial charge in [0.2, 0.25) is 0 Å². The fourth-order valence-corrected chi connectivity index (χ4v) is 3.50. The standard InChI is InChI=1S/C10H14O3/c1-8-5-13-9(2)4-7(11)6(8)3-10(8,9)12/h6,12H,3-5H2,1-2H3/t6-,8-,9-,10+/m0/s1. The van der Waals surface area contributed by atoms with Crippen LogP contribution in [0, 0.1) is 11.3 Å². The summed E-state index contributed by atoms with van der Waals surface area (Å²) in [6.45, 7) is 4.38. The maximum Gasteiger partial charge on any atom is 0.139 e. The molecule has 13 heavy (non-hydrogen) atoms. The van der Waals surface area contributed by atoms with E-state index in [1.54, 1.807) is 0 Å². The highest BCUT2D eigenvalue weighted by Gasteiger charge is 2.79. The van der Waals surface area contributed by atoms with E-state index in [4.69, 9.17) is 4.74 Å². The van der Waals surface area contributed by atoms with E-state index in [1.165, 1.54) is 0 Å². The van der Waals surface area contributed by atoms with Crippen LogP contribution in [-0.2, 0) is 9.53 Å². The molecule has 0 amide bonds. The highest BCUT2D eigenvalue weighted by atomic mass is 16.5. The van der Waals surface area contributed by atoms with Gasteiger partial charge in [0.25, 0.3) is 0 Å². The monoisotopic (exact) mass is 182 g/mol. The third-order valence-corrected chi connectivity index (χ3v) is 4.68. The Morgan fingerprint density at radius 3 is 2.85 bits per heavy atom. The SMILES string of the molecule is C[C@]12CO[C@@]3(C)CC(=O)[C@@H]1C[C@@]23O. The Labute approximate surface area is 77.1 Å². The first-order chi connectivity index (χ1) is 5.93. The Morgan fingerprint density at radius 1 is 1.54 bits per heavy atom. The van der Waals surface area contributed by atoms with Crippen LogP contribution in [0.3, 0.4) is 0 Å². The van der Waals surface area contributed by atoms with Crippen LogP contribution in [0.2, 0.25) is 0 Å². The van der Waals surface area contributed by atoms with E-state index in [2.05, 4.69) is 0 Å². The molecule has 0 aromatic carbocycles. The van der Waals surface area contributed by atoms with Gasteiger partial charge in [-0.2, -0.15) is 0 Å². The number of carbonyl (C=O) groups excluding carboxylic acids is 1. The van der Waals surface area contributed by atoms with E-state index in [-0.39, 0.29) is 17.1 Å². The zero-order valence-electron chi connectivity index (χ0n) is 7.96. The van der Waals surface area contributed by atoms with Gasteiger partial charge < -0.3 is 9.84 Å². The van der Waals surface area contributed by atoms with Gasteiger partial charge in [-0.1, -0.05) is 6.92 Å². The molecule has 3 nitrogen and oxygen atoms in total. The number of hydrogen-bond acceptors (Lipinski definition) is 3. The Balaban J connectivity index is 2.17. The summed E-state index contributed by atoms with van der Waals surface area (Å²) in [5.41, 5.74) is -1.64. The third-order valence-electron chi connectivity index (χ3n) is 4.68. The van der Waals surface area contributed by atoms with Crippen molar-refractivity contribution in [2.75, 3.05) is 6.61 Å². The minimum Gasteiger partial charge on any atom is -0.386 e. The minimum atomic E-state index is -0.738. The first-order valence-electron chi connectivity index (χ1n) is 4.82. The van der Waals surface area contributed by atoms with Gasteiger partial charge in [0.05, 0.1) is 6.61 Å². The predicted octanol–water partition coefficient (Wildman–Crippen LogP) is 0.505. The zero-order valence-corrected chi connectivity index (χ0v) is 7.96. The first kappa shape index (κ1) is 7.94. The van der Waals surface area contributed by atoms with Crippen molar-refractivity contribution < 1.29 is 14.6 Å². The highest BCUT2D eigenvalue weighted by molar-refractivity contribution is 5.87. The molecule has 1 saturated heterocycles. The molecule has 72 valence electrons. The average molecular weight is 182 g/mol. The second-order valence-corrected chi connectivity index (χ2v) is 5.20. The molecule has 1 heterocycles. The fourth-order valence-electron chi connectivity index (χ4n) is 3.50. The van der Waals surface area contributed by atoms with Crippen LogP contribution in [0.15, 0.2) is 0 Å². The molecule has 3 saturated carbocycles. The number of hydrogen-bond donors (Lipinski definition) is 1. The molecule has 4 bridgehead atoms. The largest absolute Gasteiger partial charge is 0.386 e. The van der Waals surface area contributed by atoms with Crippen LogP contribution in [0.25, 0.3) is 0 Å². The van der Waals surface area contributed by atoms with Crippen molar-refractivity contribution in [3.63, 3.8) is 0 Å². The highest BCUT2D eigenvalue weighted by Crippen LogP contribution is 2.69. The number of aliphatic hydroxyl groups is 1. The van der Waals surface area contributed by atoms with Crippen LogP contribution >= 0.6 is 0 Å². The molecule has 0 aromatic heterocycles. The molecule has 0 aromatic rings. The lowest BCUT2D eigenvalue weighted by molar-refractivity contribution is -0.238. The predicted molar refractivity (Wildman–Crippen MR) is 45.1 cm³/mol. The van der Waals surface area contributed by atoms with Gasteiger partial charge in [0.15, 0.2) is 0 Å². The molecule has 0 radical (unpaired) electrons.